The molecule has 3 heteroatoms. The van der Waals surface area contributed by atoms with Crippen molar-refractivity contribution in [1.82, 2.24) is 4.98 Å². The molecule has 0 aliphatic carbocycles. The first kappa shape index (κ1) is 9.21. The highest BCUT2D eigenvalue weighted by Crippen LogP contribution is 2.38. The van der Waals surface area contributed by atoms with Gasteiger partial charge in [-0.05, 0) is 24.3 Å². The number of benzene rings is 1. The van der Waals surface area contributed by atoms with Crippen molar-refractivity contribution >= 4 is 17.2 Å². The van der Waals surface area contributed by atoms with Gasteiger partial charge in [0.05, 0.1) is 18.0 Å². The molecule has 0 N–H and O–H groups in total. The van der Waals surface area contributed by atoms with E-state index in [-0.39, 0.29) is 0 Å². The number of nitrogens with zero attached hydrogens (tertiary/aromatic N) is 3. The molecule has 1 aliphatic rings. The van der Waals surface area contributed by atoms with Gasteiger partial charge in [-0.15, -0.1) is 0 Å². The van der Waals surface area contributed by atoms with Gasteiger partial charge in [0.1, 0.15) is 5.82 Å². The first-order valence-corrected chi connectivity index (χ1v) is 5.35. The first-order valence-electron chi connectivity index (χ1n) is 5.35. The molecule has 0 radical (unpaired) electrons. The summed E-state index contributed by atoms with van der Waals surface area (Å²) in [5, 5.41) is 0. The largest absolute Gasteiger partial charge is 0.355 e. The van der Waals surface area contributed by atoms with E-state index in [2.05, 4.69) is 46.1 Å². The van der Waals surface area contributed by atoms with E-state index in [1.165, 1.54) is 11.4 Å². The molecule has 80 valence electrons. The van der Waals surface area contributed by atoms with Gasteiger partial charge in [-0.1, -0.05) is 18.2 Å². The van der Waals surface area contributed by atoms with Gasteiger partial charge >= 0.3 is 0 Å². The van der Waals surface area contributed by atoms with Gasteiger partial charge in [-0.3, -0.25) is 0 Å². The van der Waals surface area contributed by atoms with Crippen molar-refractivity contribution in [1.29, 1.82) is 0 Å². The highest BCUT2D eigenvalue weighted by Gasteiger charge is 2.23. The van der Waals surface area contributed by atoms with E-state index in [4.69, 9.17) is 0 Å². The zero-order valence-corrected chi connectivity index (χ0v) is 9.17. The lowest BCUT2D eigenvalue weighted by atomic mass is 10.2. The molecule has 1 aliphatic heterocycles. The van der Waals surface area contributed by atoms with Gasteiger partial charge in [0.25, 0.3) is 0 Å². The molecular weight excluding hydrogens is 198 g/mol. The number of pyridine rings is 1. The smallest absolute Gasteiger partial charge is 0.134 e. The maximum atomic E-state index is 4.39. The van der Waals surface area contributed by atoms with E-state index in [0.29, 0.717) is 0 Å². The molecule has 0 spiro atoms. The van der Waals surface area contributed by atoms with E-state index in [1.54, 1.807) is 0 Å². The highest BCUT2D eigenvalue weighted by atomic mass is 15.4. The minimum absolute atomic E-state index is 0.857. The third kappa shape index (κ3) is 1.33. The van der Waals surface area contributed by atoms with Gasteiger partial charge in [0.15, 0.2) is 0 Å². The van der Waals surface area contributed by atoms with Crippen LogP contribution in [-0.2, 0) is 0 Å². The van der Waals surface area contributed by atoms with Crippen molar-refractivity contribution in [3.8, 4) is 0 Å². The Hall–Kier alpha value is -2.03. The van der Waals surface area contributed by atoms with Gasteiger partial charge in [0.2, 0.25) is 0 Å². The van der Waals surface area contributed by atoms with E-state index < -0.39 is 0 Å². The Bertz CT molecular complexity index is 496. The van der Waals surface area contributed by atoms with Crippen LogP contribution in [0.4, 0.5) is 17.2 Å². The number of hydrogen-bond acceptors (Lipinski definition) is 3. The van der Waals surface area contributed by atoms with Crippen LogP contribution in [0.1, 0.15) is 0 Å². The van der Waals surface area contributed by atoms with Crippen LogP contribution in [0.25, 0.3) is 0 Å². The van der Waals surface area contributed by atoms with Crippen LogP contribution < -0.4 is 9.80 Å². The SMILES string of the molecule is CN1CN(c2ccccn2)c2ccccc21. The third-order valence-electron chi connectivity index (χ3n) is 2.86. The summed E-state index contributed by atoms with van der Waals surface area (Å²) in [6, 6.07) is 14.4. The Morgan fingerprint density at radius 3 is 2.50 bits per heavy atom. The Morgan fingerprint density at radius 1 is 1.00 bits per heavy atom. The number of aromatic nitrogens is 1. The number of rotatable bonds is 1. The summed E-state index contributed by atoms with van der Waals surface area (Å²) in [5.74, 6) is 0.999. The van der Waals surface area contributed by atoms with Crippen molar-refractivity contribution in [3.05, 3.63) is 48.7 Å². The summed E-state index contributed by atoms with van der Waals surface area (Å²) in [7, 11) is 2.10. The molecule has 0 saturated carbocycles. The number of para-hydroxylation sites is 2. The van der Waals surface area contributed by atoms with Crippen LogP contribution >= 0.6 is 0 Å². The van der Waals surface area contributed by atoms with Gasteiger partial charge < -0.3 is 9.80 Å². The lowest BCUT2D eigenvalue weighted by Crippen LogP contribution is -2.24. The molecule has 0 bridgehead atoms. The predicted molar refractivity (Wildman–Crippen MR) is 66.1 cm³/mol. The number of fused-ring (bicyclic) bond motifs is 1. The quantitative estimate of drug-likeness (QED) is 0.722. The summed E-state index contributed by atoms with van der Waals surface area (Å²) in [5.41, 5.74) is 2.48. The zero-order valence-electron chi connectivity index (χ0n) is 9.17. The minimum atomic E-state index is 0.857. The molecule has 2 heterocycles. The maximum absolute atomic E-state index is 4.39. The summed E-state index contributed by atoms with van der Waals surface area (Å²) >= 11 is 0. The molecule has 16 heavy (non-hydrogen) atoms. The molecule has 0 fully saturated rings. The van der Waals surface area contributed by atoms with E-state index >= 15 is 0 Å². The fourth-order valence-corrected chi connectivity index (χ4v) is 2.09. The van der Waals surface area contributed by atoms with Crippen molar-refractivity contribution in [3.63, 3.8) is 0 Å². The van der Waals surface area contributed by atoms with Crippen molar-refractivity contribution in [2.45, 2.75) is 0 Å². The molecule has 0 unspecified atom stereocenters. The molecule has 0 atom stereocenters. The normalized spacial score (nSPS) is 14.1. The summed E-state index contributed by atoms with van der Waals surface area (Å²) < 4.78 is 0. The molecule has 3 rings (SSSR count). The Morgan fingerprint density at radius 2 is 1.75 bits per heavy atom. The molecule has 0 amide bonds. The van der Waals surface area contributed by atoms with Crippen LogP contribution in [0.2, 0.25) is 0 Å². The Kier molecular flexibility index (Phi) is 2.03. The van der Waals surface area contributed by atoms with Crippen LogP contribution in [0.3, 0.4) is 0 Å². The minimum Gasteiger partial charge on any atom is -0.355 e. The van der Waals surface area contributed by atoms with Gasteiger partial charge in [-0.25, -0.2) is 4.98 Å². The average Bonchev–Trinajstić information content (AvgIpc) is 2.69. The van der Waals surface area contributed by atoms with Crippen LogP contribution in [0.5, 0.6) is 0 Å². The van der Waals surface area contributed by atoms with Crippen molar-refractivity contribution in [2.24, 2.45) is 0 Å². The average molecular weight is 211 g/mol. The fourth-order valence-electron chi connectivity index (χ4n) is 2.09. The van der Waals surface area contributed by atoms with Gasteiger partial charge in [-0.2, -0.15) is 0 Å². The second kappa shape index (κ2) is 3.52. The molecule has 1 aromatic carbocycles. The van der Waals surface area contributed by atoms with Gasteiger partial charge in [0, 0.05) is 13.2 Å². The first-order chi connectivity index (χ1) is 7.86. The summed E-state index contributed by atoms with van der Waals surface area (Å²) in [4.78, 5) is 8.84. The van der Waals surface area contributed by atoms with E-state index in [9.17, 15) is 0 Å². The number of hydrogen-bond donors (Lipinski definition) is 0. The highest BCUT2D eigenvalue weighted by molar-refractivity contribution is 5.80. The predicted octanol–water partition coefficient (Wildman–Crippen LogP) is 2.63. The van der Waals surface area contributed by atoms with Crippen LogP contribution in [0.15, 0.2) is 48.7 Å². The lowest BCUT2D eigenvalue weighted by Gasteiger charge is -2.17. The molecule has 3 nitrogen and oxygen atoms in total. The molecular formula is C13H13N3. The van der Waals surface area contributed by atoms with Crippen LogP contribution in [-0.4, -0.2) is 18.7 Å². The fraction of sp³-hybridized carbons (Fsp3) is 0.154. The second-order valence-corrected chi connectivity index (χ2v) is 3.94. The monoisotopic (exact) mass is 211 g/mol. The second-order valence-electron chi connectivity index (χ2n) is 3.94. The maximum Gasteiger partial charge on any atom is 0.134 e. The Labute approximate surface area is 95.0 Å². The molecule has 2 aromatic rings. The zero-order chi connectivity index (χ0) is 11.0. The standard InChI is InChI=1S/C13H13N3/c1-15-10-16(13-8-4-5-9-14-13)12-7-3-2-6-11(12)15/h2-9H,10H2,1H3. The van der Waals surface area contributed by atoms with Crippen LogP contribution in [0, 0.1) is 0 Å². The third-order valence-corrected chi connectivity index (χ3v) is 2.86. The summed E-state index contributed by atoms with van der Waals surface area (Å²) in [6.45, 7) is 0.857. The molecule has 1 aromatic heterocycles. The number of anilines is 3. The van der Waals surface area contributed by atoms with E-state index in [1.807, 2.05) is 24.4 Å². The summed E-state index contributed by atoms with van der Waals surface area (Å²) in [6.07, 6.45) is 1.83. The van der Waals surface area contributed by atoms with Crippen molar-refractivity contribution < 1.29 is 0 Å². The Balaban J connectivity index is 2.07. The molecule has 0 saturated heterocycles. The lowest BCUT2D eigenvalue weighted by molar-refractivity contribution is 0.933. The van der Waals surface area contributed by atoms with Crippen molar-refractivity contribution in [2.75, 3.05) is 23.5 Å². The van der Waals surface area contributed by atoms with E-state index in [0.717, 1.165) is 12.5 Å². The topological polar surface area (TPSA) is 19.4 Å².